The Hall–Kier alpha value is -0.120. The number of nitrogens with zero attached hydrogens (tertiary/aromatic N) is 1. The molecule has 0 amide bonds. The first-order valence-corrected chi connectivity index (χ1v) is 10.6. The van der Waals surface area contributed by atoms with E-state index in [-0.39, 0.29) is 0 Å². The van der Waals surface area contributed by atoms with E-state index in [9.17, 15) is 0 Å². The second-order valence-electron chi connectivity index (χ2n) is 6.62. The third-order valence-corrected chi connectivity index (χ3v) is 4.58. The van der Waals surface area contributed by atoms with E-state index in [0.29, 0.717) is 0 Å². The second kappa shape index (κ2) is 19.9. The lowest BCUT2D eigenvalue weighted by Crippen LogP contribution is -2.30. The van der Waals surface area contributed by atoms with Crippen molar-refractivity contribution in [3.63, 3.8) is 0 Å². The second-order valence-corrected chi connectivity index (χ2v) is 6.62. The highest BCUT2D eigenvalue weighted by atomic mass is 15.1. The SMILES string of the molecule is CC.NCCCNCCCN1CCCCCCCCCCCC1. The van der Waals surface area contributed by atoms with Crippen LogP contribution in [0.25, 0.3) is 0 Å². The van der Waals surface area contributed by atoms with Crippen molar-refractivity contribution in [2.45, 2.75) is 90.9 Å². The third kappa shape index (κ3) is 16.5. The minimum atomic E-state index is 0.805. The summed E-state index contributed by atoms with van der Waals surface area (Å²) in [6.45, 7) is 11.0. The Kier molecular flexibility index (Phi) is 19.8. The highest BCUT2D eigenvalue weighted by molar-refractivity contribution is 4.62. The van der Waals surface area contributed by atoms with Gasteiger partial charge in [-0.3, -0.25) is 0 Å². The van der Waals surface area contributed by atoms with Crippen molar-refractivity contribution in [3.05, 3.63) is 0 Å². The van der Waals surface area contributed by atoms with Gasteiger partial charge >= 0.3 is 0 Å². The lowest BCUT2D eigenvalue weighted by atomic mass is 10.1. The van der Waals surface area contributed by atoms with Gasteiger partial charge in [0.25, 0.3) is 0 Å². The summed E-state index contributed by atoms with van der Waals surface area (Å²) in [6.07, 6.45) is 16.8. The van der Waals surface area contributed by atoms with Gasteiger partial charge in [-0.25, -0.2) is 0 Å². The molecule has 0 atom stereocenters. The molecule has 0 radical (unpaired) electrons. The summed E-state index contributed by atoms with van der Waals surface area (Å²) in [5.41, 5.74) is 5.51. The molecule has 0 aromatic carbocycles. The maximum absolute atomic E-state index is 5.51. The van der Waals surface area contributed by atoms with Gasteiger partial charge in [0.1, 0.15) is 0 Å². The summed E-state index contributed by atoms with van der Waals surface area (Å²) in [7, 11) is 0. The maximum atomic E-state index is 5.51. The molecule has 1 aliphatic heterocycles. The molecular weight excluding hydrogens is 282 g/mol. The highest BCUT2D eigenvalue weighted by Crippen LogP contribution is 2.13. The number of nitrogens with two attached hydrogens (primary N) is 1. The van der Waals surface area contributed by atoms with Gasteiger partial charge in [0.05, 0.1) is 0 Å². The monoisotopic (exact) mass is 327 g/mol. The average molecular weight is 328 g/mol. The standard InChI is InChI=1S/C18H39N3.C2H6/c19-13-11-14-20-15-12-18-21-16-9-7-5-3-1-2-4-6-8-10-17-21;1-2/h20H,1-19H2;1-2H3. The van der Waals surface area contributed by atoms with Crippen molar-refractivity contribution in [3.8, 4) is 0 Å². The fourth-order valence-corrected chi connectivity index (χ4v) is 3.20. The predicted octanol–water partition coefficient (Wildman–Crippen LogP) is 4.56. The van der Waals surface area contributed by atoms with Gasteiger partial charge in [-0.05, 0) is 65.0 Å². The van der Waals surface area contributed by atoms with Crippen molar-refractivity contribution < 1.29 is 0 Å². The zero-order chi connectivity index (χ0) is 17.0. The van der Waals surface area contributed by atoms with Crippen LogP contribution < -0.4 is 11.1 Å². The summed E-state index contributed by atoms with van der Waals surface area (Å²) >= 11 is 0. The molecule has 1 heterocycles. The summed E-state index contributed by atoms with van der Waals surface area (Å²) in [5, 5.41) is 3.50. The zero-order valence-corrected chi connectivity index (χ0v) is 16.3. The quantitative estimate of drug-likeness (QED) is 0.674. The summed E-state index contributed by atoms with van der Waals surface area (Å²) in [5.74, 6) is 0. The Balaban J connectivity index is 0.00000232. The largest absolute Gasteiger partial charge is 0.330 e. The van der Waals surface area contributed by atoms with Crippen LogP contribution in [0.4, 0.5) is 0 Å². The molecule has 140 valence electrons. The van der Waals surface area contributed by atoms with Crippen molar-refractivity contribution in [1.82, 2.24) is 10.2 Å². The van der Waals surface area contributed by atoms with E-state index in [1.807, 2.05) is 13.8 Å². The number of nitrogens with one attached hydrogen (secondary N) is 1. The molecule has 3 heteroatoms. The summed E-state index contributed by atoms with van der Waals surface area (Å²) in [4.78, 5) is 2.71. The summed E-state index contributed by atoms with van der Waals surface area (Å²) in [6, 6.07) is 0. The Morgan fingerprint density at radius 2 is 1.13 bits per heavy atom. The topological polar surface area (TPSA) is 41.3 Å². The lowest BCUT2D eigenvalue weighted by molar-refractivity contribution is 0.257. The Labute approximate surface area is 146 Å². The van der Waals surface area contributed by atoms with Crippen LogP contribution in [0.2, 0.25) is 0 Å². The first-order valence-electron chi connectivity index (χ1n) is 10.6. The fraction of sp³-hybridized carbons (Fsp3) is 1.00. The highest BCUT2D eigenvalue weighted by Gasteiger charge is 2.05. The maximum Gasteiger partial charge on any atom is -0.000664 e. The van der Waals surface area contributed by atoms with Gasteiger partial charge in [-0.15, -0.1) is 0 Å². The van der Waals surface area contributed by atoms with Gasteiger partial charge < -0.3 is 16.0 Å². The van der Waals surface area contributed by atoms with Crippen molar-refractivity contribution in [1.29, 1.82) is 0 Å². The van der Waals surface area contributed by atoms with Crippen molar-refractivity contribution in [2.75, 3.05) is 39.3 Å². The van der Waals surface area contributed by atoms with E-state index in [4.69, 9.17) is 5.73 Å². The van der Waals surface area contributed by atoms with E-state index >= 15 is 0 Å². The van der Waals surface area contributed by atoms with Crippen LogP contribution >= 0.6 is 0 Å². The van der Waals surface area contributed by atoms with Crippen molar-refractivity contribution >= 4 is 0 Å². The smallest absolute Gasteiger partial charge is 0.000664 e. The van der Waals surface area contributed by atoms with E-state index in [1.165, 1.54) is 90.3 Å². The molecule has 0 aromatic heterocycles. The molecule has 0 aliphatic carbocycles. The molecular formula is C20H45N3. The molecule has 1 aliphatic rings. The number of hydrogen-bond acceptors (Lipinski definition) is 3. The van der Waals surface area contributed by atoms with Crippen LogP contribution in [-0.2, 0) is 0 Å². The minimum Gasteiger partial charge on any atom is -0.330 e. The van der Waals surface area contributed by atoms with E-state index < -0.39 is 0 Å². The molecule has 3 nitrogen and oxygen atoms in total. The fourth-order valence-electron chi connectivity index (χ4n) is 3.20. The third-order valence-electron chi connectivity index (χ3n) is 4.58. The summed E-state index contributed by atoms with van der Waals surface area (Å²) < 4.78 is 0. The van der Waals surface area contributed by atoms with E-state index in [2.05, 4.69) is 10.2 Å². The van der Waals surface area contributed by atoms with E-state index in [0.717, 1.165) is 26.1 Å². The van der Waals surface area contributed by atoms with Crippen LogP contribution in [0.5, 0.6) is 0 Å². The molecule has 0 aromatic rings. The van der Waals surface area contributed by atoms with Crippen LogP contribution in [0.1, 0.15) is 90.9 Å². The van der Waals surface area contributed by atoms with Gasteiger partial charge in [0.15, 0.2) is 0 Å². The van der Waals surface area contributed by atoms with Gasteiger partial charge in [-0.1, -0.05) is 65.2 Å². The zero-order valence-electron chi connectivity index (χ0n) is 16.3. The first kappa shape index (κ1) is 22.9. The Morgan fingerprint density at radius 1 is 0.696 bits per heavy atom. The molecule has 1 saturated heterocycles. The molecule has 23 heavy (non-hydrogen) atoms. The predicted molar refractivity (Wildman–Crippen MR) is 105 cm³/mol. The molecule has 0 bridgehead atoms. The van der Waals surface area contributed by atoms with Crippen molar-refractivity contribution in [2.24, 2.45) is 5.73 Å². The average Bonchev–Trinajstić information content (AvgIpc) is 2.61. The van der Waals surface area contributed by atoms with Gasteiger partial charge in [0.2, 0.25) is 0 Å². The Morgan fingerprint density at radius 3 is 1.61 bits per heavy atom. The lowest BCUT2D eigenvalue weighted by Gasteiger charge is -2.22. The minimum absolute atomic E-state index is 0.805. The Bertz CT molecular complexity index is 195. The van der Waals surface area contributed by atoms with Crippen LogP contribution in [0, 0.1) is 0 Å². The van der Waals surface area contributed by atoms with E-state index in [1.54, 1.807) is 0 Å². The molecule has 0 spiro atoms. The van der Waals surface area contributed by atoms with Gasteiger partial charge in [0, 0.05) is 0 Å². The van der Waals surface area contributed by atoms with Gasteiger partial charge in [-0.2, -0.15) is 0 Å². The molecule has 0 unspecified atom stereocenters. The molecule has 0 saturated carbocycles. The van der Waals surface area contributed by atoms with Crippen LogP contribution in [0.3, 0.4) is 0 Å². The molecule has 1 fully saturated rings. The number of rotatable bonds is 7. The van der Waals surface area contributed by atoms with Crippen LogP contribution in [0.15, 0.2) is 0 Å². The molecule has 3 N–H and O–H groups in total. The first-order chi connectivity index (χ1) is 11.4. The molecule has 1 rings (SSSR count). The number of hydrogen-bond donors (Lipinski definition) is 2. The normalized spacial score (nSPS) is 18.9. The van der Waals surface area contributed by atoms with Crippen LogP contribution in [-0.4, -0.2) is 44.2 Å².